The maximum atomic E-state index is 9.26. The minimum absolute atomic E-state index is 0.242. The van der Waals surface area contributed by atoms with Crippen LogP contribution in [-0.2, 0) is 4.74 Å². The van der Waals surface area contributed by atoms with Crippen molar-refractivity contribution in [1.82, 2.24) is 5.32 Å². The van der Waals surface area contributed by atoms with E-state index in [9.17, 15) is 5.11 Å². The number of aliphatic hydroxyl groups excluding tert-OH is 1. The zero-order valence-corrected chi connectivity index (χ0v) is 9.83. The molecule has 0 aromatic heterocycles. The third-order valence-electron chi connectivity index (χ3n) is 4.10. The maximum Gasteiger partial charge on any atom is 0.0661 e. The number of ether oxygens (including phenoxy) is 1. The van der Waals surface area contributed by atoms with Crippen LogP contribution in [0.3, 0.4) is 0 Å². The van der Waals surface area contributed by atoms with E-state index in [4.69, 9.17) is 4.74 Å². The highest BCUT2D eigenvalue weighted by molar-refractivity contribution is 5.12. The van der Waals surface area contributed by atoms with E-state index >= 15 is 0 Å². The molecule has 88 valence electrons. The summed E-state index contributed by atoms with van der Waals surface area (Å²) in [6, 6.07) is 0.581. The zero-order chi connectivity index (χ0) is 10.9. The first-order chi connectivity index (χ1) is 7.19. The third kappa shape index (κ3) is 1.93. The fourth-order valence-corrected chi connectivity index (χ4v) is 3.04. The van der Waals surface area contributed by atoms with Gasteiger partial charge in [-0.25, -0.2) is 0 Å². The fraction of sp³-hybridized carbons (Fsp3) is 1.00. The van der Waals surface area contributed by atoms with Gasteiger partial charge in [0, 0.05) is 24.6 Å². The Balaban J connectivity index is 1.83. The average molecular weight is 213 g/mol. The molecule has 0 radical (unpaired) electrons. The average Bonchev–Trinajstić information content (AvgIpc) is 2.06. The molecule has 3 unspecified atom stereocenters. The molecule has 2 rings (SSSR count). The lowest BCUT2D eigenvalue weighted by molar-refractivity contribution is -0.173. The monoisotopic (exact) mass is 213 g/mol. The largest absolute Gasteiger partial charge is 0.392 e. The molecule has 2 aliphatic rings. The molecule has 0 aromatic carbocycles. The first kappa shape index (κ1) is 11.4. The van der Waals surface area contributed by atoms with Crippen LogP contribution < -0.4 is 5.32 Å². The summed E-state index contributed by atoms with van der Waals surface area (Å²) in [5, 5.41) is 12.7. The van der Waals surface area contributed by atoms with Crippen LogP contribution in [0.25, 0.3) is 0 Å². The van der Waals surface area contributed by atoms with Crippen LogP contribution in [-0.4, -0.2) is 36.5 Å². The Morgan fingerprint density at radius 3 is 2.73 bits per heavy atom. The summed E-state index contributed by atoms with van der Waals surface area (Å²) in [4.78, 5) is 0. The molecule has 2 saturated carbocycles. The molecule has 0 bridgehead atoms. The van der Waals surface area contributed by atoms with Crippen LogP contribution in [0.4, 0.5) is 0 Å². The van der Waals surface area contributed by atoms with E-state index in [2.05, 4.69) is 12.2 Å². The Labute approximate surface area is 92.2 Å². The van der Waals surface area contributed by atoms with E-state index in [1.54, 1.807) is 0 Å². The van der Waals surface area contributed by atoms with Crippen LogP contribution in [0, 0.1) is 5.41 Å². The van der Waals surface area contributed by atoms with Crippen molar-refractivity contribution < 1.29 is 9.84 Å². The molecule has 0 aromatic rings. The second-order valence-corrected chi connectivity index (χ2v) is 5.08. The molecule has 1 spiro atoms. The SMILES string of the molecule is CCOC1CC(NCC(C)O)C12CCC2. The third-order valence-corrected chi connectivity index (χ3v) is 4.10. The van der Waals surface area contributed by atoms with Crippen molar-refractivity contribution in [3.63, 3.8) is 0 Å². The van der Waals surface area contributed by atoms with Crippen molar-refractivity contribution in [3.05, 3.63) is 0 Å². The van der Waals surface area contributed by atoms with E-state index in [1.807, 2.05) is 6.92 Å². The summed E-state index contributed by atoms with van der Waals surface area (Å²) in [6.45, 7) is 5.45. The topological polar surface area (TPSA) is 41.5 Å². The number of hydrogen-bond acceptors (Lipinski definition) is 3. The molecule has 0 heterocycles. The van der Waals surface area contributed by atoms with Crippen LogP contribution in [0.2, 0.25) is 0 Å². The van der Waals surface area contributed by atoms with Gasteiger partial charge < -0.3 is 15.2 Å². The number of rotatable bonds is 5. The van der Waals surface area contributed by atoms with Gasteiger partial charge in [0.25, 0.3) is 0 Å². The van der Waals surface area contributed by atoms with Gasteiger partial charge in [0.15, 0.2) is 0 Å². The van der Waals surface area contributed by atoms with Crippen molar-refractivity contribution in [2.75, 3.05) is 13.2 Å². The number of nitrogens with one attached hydrogen (secondary N) is 1. The van der Waals surface area contributed by atoms with E-state index in [1.165, 1.54) is 19.3 Å². The summed E-state index contributed by atoms with van der Waals surface area (Å²) in [5.74, 6) is 0. The molecule has 0 aliphatic heterocycles. The molecule has 15 heavy (non-hydrogen) atoms. The van der Waals surface area contributed by atoms with Crippen molar-refractivity contribution in [3.8, 4) is 0 Å². The summed E-state index contributed by atoms with van der Waals surface area (Å²) >= 11 is 0. The quantitative estimate of drug-likeness (QED) is 0.723. The van der Waals surface area contributed by atoms with Gasteiger partial charge in [-0.15, -0.1) is 0 Å². The van der Waals surface area contributed by atoms with Gasteiger partial charge in [0.2, 0.25) is 0 Å². The van der Waals surface area contributed by atoms with Gasteiger partial charge in [-0.3, -0.25) is 0 Å². The lowest BCUT2D eigenvalue weighted by atomic mass is 9.51. The molecular weight excluding hydrogens is 190 g/mol. The smallest absolute Gasteiger partial charge is 0.0661 e. The Morgan fingerprint density at radius 1 is 1.53 bits per heavy atom. The van der Waals surface area contributed by atoms with Crippen LogP contribution in [0.1, 0.15) is 39.5 Å². The van der Waals surface area contributed by atoms with Gasteiger partial charge in [0.05, 0.1) is 12.2 Å². The molecular formula is C12H23NO2. The lowest BCUT2D eigenvalue weighted by Gasteiger charge is -2.61. The molecule has 0 saturated heterocycles. The highest BCUT2D eigenvalue weighted by atomic mass is 16.5. The summed E-state index contributed by atoms with van der Waals surface area (Å²) in [7, 11) is 0. The van der Waals surface area contributed by atoms with Gasteiger partial charge in [-0.2, -0.15) is 0 Å². The van der Waals surface area contributed by atoms with Crippen LogP contribution in [0.15, 0.2) is 0 Å². The zero-order valence-electron chi connectivity index (χ0n) is 9.83. The molecule has 3 nitrogen and oxygen atoms in total. The standard InChI is InChI=1S/C12H23NO2/c1-3-15-11-7-10(13-8-9(2)14)12(11)5-4-6-12/h9-11,13-14H,3-8H2,1-2H3. The van der Waals surface area contributed by atoms with Gasteiger partial charge in [-0.05, 0) is 33.1 Å². The Bertz CT molecular complexity index is 214. The van der Waals surface area contributed by atoms with E-state index in [0.717, 1.165) is 13.0 Å². The minimum atomic E-state index is -0.242. The van der Waals surface area contributed by atoms with Crippen molar-refractivity contribution in [1.29, 1.82) is 0 Å². The van der Waals surface area contributed by atoms with Gasteiger partial charge in [-0.1, -0.05) is 6.42 Å². The van der Waals surface area contributed by atoms with Crippen molar-refractivity contribution >= 4 is 0 Å². The van der Waals surface area contributed by atoms with Crippen molar-refractivity contribution in [2.45, 2.75) is 57.8 Å². The van der Waals surface area contributed by atoms with E-state index in [0.29, 0.717) is 24.1 Å². The van der Waals surface area contributed by atoms with E-state index < -0.39 is 0 Å². The molecule has 3 atom stereocenters. The van der Waals surface area contributed by atoms with Crippen LogP contribution >= 0.6 is 0 Å². The molecule has 2 N–H and O–H groups in total. The maximum absolute atomic E-state index is 9.26. The summed E-state index contributed by atoms with van der Waals surface area (Å²) in [6.07, 6.45) is 5.30. The number of hydrogen-bond donors (Lipinski definition) is 2. The Hall–Kier alpha value is -0.120. The highest BCUT2D eigenvalue weighted by Crippen LogP contribution is 2.57. The first-order valence-corrected chi connectivity index (χ1v) is 6.22. The molecule has 0 amide bonds. The second kappa shape index (κ2) is 4.40. The Kier molecular flexibility index (Phi) is 3.33. The fourth-order valence-electron chi connectivity index (χ4n) is 3.04. The van der Waals surface area contributed by atoms with E-state index in [-0.39, 0.29) is 6.10 Å². The predicted octanol–water partition coefficient (Wildman–Crippen LogP) is 1.30. The Morgan fingerprint density at radius 2 is 2.27 bits per heavy atom. The first-order valence-electron chi connectivity index (χ1n) is 6.22. The normalized spacial score (nSPS) is 34.6. The summed E-state index contributed by atoms with van der Waals surface area (Å²) in [5.41, 5.74) is 0.422. The predicted molar refractivity (Wildman–Crippen MR) is 59.8 cm³/mol. The highest BCUT2D eigenvalue weighted by Gasteiger charge is 2.58. The molecule has 2 fully saturated rings. The number of aliphatic hydroxyl groups is 1. The second-order valence-electron chi connectivity index (χ2n) is 5.08. The summed E-state index contributed by atoms with van der Waals surface area (Å²) < 4.78 is 5.77. The van der Waals surface area contributed by atoms with Crippen molar-refractivity contribution in [2.24, 2.45) is 5.41 Å². The van der Waals surface area contributed by atoms with Gasteiger partial charge >= 0.3 is 0 Å². The van der Waals surface area contributed by atoms with Crippen LogP contribution in [0.5, 0.6) is 0 Å². The van der Waals surface area contributed by atoms with Gasteiger partial charge in [0.1, 0.15) is 0 Å². The molecule has 3 heteroatoms. The minimum Gasteiger partial charge on any atom is -0.392 e. The molecule has 2 aliphatic carbocycles. The lowest BCUT2D eigenvalue weighted by Crippen LogP contribution is -2.67.